The van der Waals surface area contributed by atoms with Crippen molar-refractivity contribution in [2.24, 2.45) is 0 Å². The van der Waals surface area contributed by atoms with Crippen molar-refractivity contribution in [2.45, 2.75) is 45.2 Å². The molecule has 0 unspecified atom stereocenters. The molecular weight excluding hydrogens is 478 g/mol. The number of sulfonamides is 1. The van der Waals surface area contributed by atoms with Crippen molar-refractivity contribution in [3.05, 3.63) is 80.8 Å². The van der Waals surface area contributed by atoms with Crippen molar-refractivity contribution in [3.63, 3.8) is 0 Å². The standard InChI is InChI=1S/C26H31N5O4S/c1-15(2)30-24-12-19(18-6-8-20(9-7-18)36(34,35)28-5)11-21(22(24)13-27)25(32)29-14-23-16(3)10-17(4)31-26(23)33/h6-13,15,27-28,30H,14H2,1-5H3,(H,29,32)(H,31,33). The number of aromatic nitrogens is 1. The zero-order chi connectivity index (χ0) is 26.6. The Kier molecular flexibility index (Phi) is 8.11. The third-order valence-corrected chi connectivity index (χ3v) is 7.13. The SMILES string of the molecule is CNS(=O)(=O)c1ccc(-c2cc(NC(C)C)c(C=N)c(C(=O)NCc3c(C)cc(C)[nH]c3=O)c2)cc1. The number of anilines is 1. The average molecular weight is 510 g/mol. The molecule has 1 amide bonds. The topological polar surface area (TPSA) is 144 Å². The molecule has 0 saturated carbocycles. The lowest BCUT2D eigenvalue weighted by Crippen LogP contribution is -2.29. The van der Waals surface area contributed by atoms with Gasteiger partial charge >= 0.3 is 0 Å². The number of hydrogen-bond acceptors (Lipinski definition) is 6. The minimum absolute atomic E-state index is 0.0332. The molecule has 3 rings (SSSR count). The number of amides is 1. The van der Waals surface area contributed by atoms with Crippen LogP contribution in [0.1, 0.15) is 46.6 Å². The molecular formula is C26H31N5O4S. The summed E-state index contributed by atoms with van der Waals surface area (Å²) in [6.45, 7) is 7.54. The fourth-order valence-electron chi connectivity index (χ4n) is 3.90. The summed E-state index contributed by atoms with van der Waals surface area (Å²) in [5.41, 5.74) is 4.36. The molecule has 0 aliphatic heterocycles. The van der Waals surface area contributed by atoms with Crippen LogP contribution in [0.3, 0.4) is 0 Å². The van der Waals surface area contributed by atoms with Crippen molar-refractivity contribution in [1.29, 1.82) is 5.41 Å². The fraction of sp³-hybridized carbons (Fsp3) is 0.269. The van der Waals surface area contributed by atoms with E-state index in [0.717, 1.165) is 17.5 Å². The van der Waals surface area contributed by atoms with Gasteiger partial charge in [-0.25, -0.2) is 13.1 Å². The van der Waals surface area contributed by atoms with E-state index in [1.54, 1.807) is 25.1 Å². The van der Waals surface area contributed by atoms with Crippen LogP contribution in [-0.2, 0) is 16.6 Å². The minimum Gasteiger partial charge on any atom is -0.382 e. The maximum Gasteiger partial charge on any atom is 0.253 e. The smallest absolute Gasteiger partial charge is 0.253 e. The van der Waals surface area contributed by atoms with Gasteiger partial charge in [0.2, 0.25) is 10.0 Å². The first-order valence-corrected chi connectivity index (χ1v) is 12.9. The number of nitrogens with one attached hydrogen (secondary N) is 5. The fourth-order valence-corrected chi connectivity index (χ4v) is 4.63. The first-order chi connectivity index (χ1) is 17.0. The molecule has 0 aliphatic rings. The summed E-state index contributed by atoms with van der Waals surface area (Å²) in [5, 5.41) is 14.1. The Morgan fingerprint density at radius 2 is 1.75 bits per heavy atom. The van der Waals surface area contributed by atoms with Gasteiger partial charge in [0.15, 0.2) is 0 Å². The third-order valence-electron chi connectivity index (χ3n) is 5.70. The number of aryl methyl sites for hydroxylation is 2. The molecule has 1 aromatic heterocycles. The predicted octanol–water partition coefficient (Wildman–Crippen LogP) is 3.31. The number of hydrogen-bond donors (Lipinski definition) is 5. The van der Waals surface area contributed by atoms with Crippen LogP contribution in [0.15, 0.2) is 52.2 Å². The second-order valence-electron chi connectivity index (χ2n) is 8.79. The Labute approximate surface area is 210 Å². The second-order valence-corrected chi connectivity index (χ2v) is 10.7. The molecule has 9 nitrogen and oxygen atoms in total. The summed E-state index contributed by atoms with van der Waals surface area (Å²) in [5.74, 6) is -0.434. The zero-order valence-corrected chi connectivity index (χ0v) is 21.8. The summed E-state index contributed by atoms with van der Waals surface area (Å²) in [4.78, 5) is 28.5. The predicted molar refractivity (Wildman–Crippen MR) is 142 cm³/mol. The van der Waals surface area contributed by atoms with Crippen LogP contribution >= 0.6 is 0 Å². The first kappa shape index (κ1) is 26.8. The van der Waals surface area contributed by atoms with Gasteiger partial charge in [-0.2, -0.15) is 0 Å². The molecule has 0 fully saturated rings. The molecule has 1 heterocycles. The van der Waals surface area contributed by atoms with Crippen LogP contribution in [0.4, 0.5) is 5.69 Å². The normalized spacial score (nSPS) is 11.4. The van der Waals surface area contributed by atoms with E-state index in [4.69, 9.17) is 5.41 Å². The van der Waals surface area contributed by atoms with E-state index in [1.807, 2.05) is 32.9 Å². The molecule has 0 aliphatic carbocycles. The Hall–Kier alpha value is -3.76. The monoisotopic (exact) mass is 509 g/mol. The Bertz CT molecular complexity index is 1460. The maximum atomic E-state index is 13.3. The van der Waals surface area contributed by atoms with Gasteiger partial charge in [0.25, 0.3) is 11.5 Å². The Balaban J connectivity index is 2.04. The molecule has 0 bridgehead atoms. The number of rotatable bonds is 9. The van der Waals surface area contributed by atoms with E-state index in [1.165, 1.54) is 19.2 Å². The van der Waals surface area contributed by atoms with Gasteiger partial charge in [0.1, 0.15) is 0 Å². The highest BCUT2D eigenvalue weighted by Gasteiger charge is 2.19. The van der Waals surface area contributed by atoms with E-state index in [0.29, 0.717) is 27.9 Å². The van der Waals surface area contributed by atoms with E-state index < -0.39 is 15.9 Å². The number of carbonyl (C=O) groups excluding carboxylic acids is 1. The number of benzene rings is 2. The minimum atomic E-state index is -3.58. The molecule has 3 aromatic rings. The van der Waals surface area contributed by atoms with Gasteiger partial charge < -0.3 is 21.0 Å². The largest absolute Gasteiger partial charge is 0.382 e. The summed E-state index contributed by atoms with van der Waals surface area (Å²) in [7, 11) is -2.23. The van der Waals surface area contributed by atoms with Crippen LogP contribution in [0, 0.1) is 19.3 Å². The number of H-pyrrole nitrogens is 1. The maximum absolute atomic E-state index is 13.3. The molecule has 2 aromatic carbocycles. The van der Waals surface area contributed by atoms with Crippen LogP contribution in [0.5, 0.6) is 0 Å². The summed E-state index contributed by atoms with van der Waals surface area (Å²) in [6.07, 6.45) is 1.12. The number of carbonyl (C=O) groups is 1. The molecule has 0 radical (unpaired) electrons. The van der Waals surface area contributed by atoms with Gasteiger partial charge in [0, 0.05) is 41.3 Å². The summed E-state index contributed by atoms with van der Waals surface area (Å²) in [6, 6.07) is 11.7. The van der Waals surface area contributed by atoms with Crippen molar-refractivity contribution in [1.82, 2.24) is 15.0 Å². The molecule has 0 spiro atoms. The second kappa shape index (κ2) is 10.9. The number of aromatic amines is 1. The molecule has 10 heteroatoms. The Morgan fingerprint density at radius 1 is 1.08 bits per heavy atom. The lowest BCUT2D eigenvalue weighted by molar-refractivity contribution is 0.0950. The van der Waals surface area contributed by atoms with E-state index in [2.05, 4.69) is 20.3 Å². The van der Waals surface area contributed by atoms with Gasteiger partial charge in [-0.15, -0.1) is 0 Å². The third kappa shape index (κ3) is 5.89. The van der Waals surface area contributed by atoms with Crippen molar-refractivity contribution in [2.75, 3.05) is 12.4 Å². The van der Waals surface area contributed by atoms with E-state index in [9.17, 15) is 18.0 Å². The van der Waals surface area contributed by atoms with Gasteiger partial charge in [-0.1, -0.05) is 12.1 Å². The Morgan fingerprint density at radius 3 is 2.31 bits per heavy atom. The lowest BCUT2D eigenvalue weighted by atomic mass is 9.96. The van der Waals surface area contributed by atoms with Crippen LogP contribution < -0.4 is 20.9 Å². The molecule has 190 valence electrons. The highest BCUT2D eigenvalue weighted by atomic mass is 32.2. The molecule has 0 saturated heterocycles. The van der Waals surface area contributed by atoms with E-state index >= 15 is 0 Å². The average Bonchev–Trinajstić information content (AvgIpc) is 2.82. The first-order valence-electron chi connectivity index (χ1n) is 11.4. The van der Waals surface area contributed by atoms with Gasteiger partial charge in [-0.3, -0.25) is 9.59 Å². The molecule has 36 heavy (non-hydrogen) atoms. The highest BCUT2D eigenvalue weighted by Crippen LogP contribution is 2.30. The van der Waals surface area contributed by atoms with Crippen LogP contribution in [0.2, 0.25) is 0 Å². The quantitative estimate of drug-likeness (QED) is 0.281. The zero-order valence-electron chi connectivity index (χ0n) is 20.9. The highest BCUT2D eigenvalue weighted by molar-refractivity contribution is 7.89. The molecule has 5 N–H and O–H groups in total. The number of pyridine rings is 1. The lowest BCUT2D eigenvalue weighted by Gasteiger charge is -2.18. The van der Waals surface area contributed by atoms with Crippen molar-refractivity contribution >= 4 is 27.8 Å². The summed E-state index contributed by atoms with van der Waals surface area (Å²) < 4.78 is 26.5. The van der Waals surface area contributed by atoms with Crippen LogP contribution in [-0.4, -0.2) is 38.6 Å². The van der Waals surface area contributed by atoms with Crippen LogP contribution in [0.25, 0.3) is 11.1 Å². The van der Waals surface area contributed by atoms with Crippen molar-refractivity contribution < 1.29 is 13.2 Å². The van der Waals surface area contributed by atoms with E-state index in [-0.39, 0.29) is 28.6 Å². The van der Waals surface area contributed by atoms with Crippen molar-refractivity contribution in [3.8, 4) is 11.1 Å². The summed E-state index contributed by atoms with van der Waals surface area (Å²) >= 11 is 0. The van der Waals surface area contributed by atoms with Gasteiger partial charge in [-0.05, 0) is 81.8 Å². The molecule has 0 atom stereocenters. The van der Waals surface area contributed by atoms with Gasteiger partial charge in [0.05, 0.1) is 10.5 Å².